The van der Waals surface area contributed by atoms with Crippen LogP contribution in [0.4, 0.5) is 17.1 Å². The fraction of sp³-hybridized carbons (Fsp3) is 0. The van der Waals surface area contributed by atoms with Crippen LogP contribution in [0.15, 0.2) is 249 Å². The van der Waals surface area contributed by atoms with Gasteiger partial charge in [0.1, 0.15) is 0 Å². The molecule has 0 heterocycles. The van der Waals surface area contributed by atoms with Crippen LogP contribution in [0, 0.1) is 0 Å². The van der Waals surface area contributed by atoms with E-state index in [1.54, 1.807) is 0 Å². The molecule has 0 atom stereocenters. The lowest BCUT2D eigenvalue weighted by Gasteiger charge is -2.29. The second-order valence-corrected chi connectivity index (χ2v) is 15.7. The highest BCUT2D eigenvalue weighted by Crippen LogP contribution is 2.45. The highest BCUT2D eigenvalue weighted by atomic mass is 15.1. The lowest BCUT2D eigenvalue weighted by Crippen LogP contribution is -2.11. The maximum atomic E-state index is 2.43. The van der Waals surface area contributed by atoms with Crippen molar-refractivity contribution in [2.24, 2.45) is 0 Å². The standard InChI is InChI=1S/C60H41N/c1-2-14-47(15-3-1)59-38-33-52(58-26-12-20-46-17-7-9-24-56(46)58)41-60(59)61(54-36-31-44(32-37-54)50-28-27-42-13-4-5-18-48(42)39-50)53-34-29-43(30-35-53)49-21-10-22-51(40-49)57-25-11-19-45-16-6-8-23-55(45)57/h1-41H. The third-order valence-electron chi connectivity index (χ3n) is 12.1. The van der Waals surface area contributed by atoms with E-state index in [1.165, 1.54) is 82.4 Å². The van der Waals surface area contributed by atoms with Crippen LogP contribution in [-0.4, -0.2) is 0 Å². The van der Waals surface area contributed by atoms with Gasteiger partial charge in [-0.1, -0.05) is 206 Å². The normalized spacial score (nSPS) is 11.3. The van der Waals surface area contributed by atoms with Gasteiger partial charge in [0.2, 0.25) is 0 Å². The van der Waals surface area contributed by atoms with Gasteiger partial charge < -0.3 is 4.90 Å². The molecule has 286 valence electrons. The maximum Gasteiger partial charge on any atom is 0.0546 e. The Morgan fingerprint density at radius 2 is 0.656 bits per heavy atom. The van der Waals surface area contributed by atoms with Gasteiger partial charge in [0.25, 0.3) is 0 Å². The molecule has 11 aromatic rings. The highest BCUT2D eigenvalue weighted by Gasteiger charge is 2.20. The largest absolute Gasteiger partial charge is 0.310 e. The van der Waals surface area contributed by atoms with Crippen LogP contribution >= 0.6 is 0 Å². The van der Waals surface area contributed by atoms with Crippen molar-refractivity contribution in [2.75, 3.05) is 4.90 Å². The van der Waals surface area contributed by atoms with E-state index >= 15 is 0 Å². The fourth-order valence-electron chi connectivity index (χ4n) is 8.97. The van der Waals surface area contributed by atoms with Gasteiger partial charge in [-0.15, -0.1) is 0 Å². The molecule has 0 unspecified atom stereocenters. The Morgan fingerprint density at radius 1 is 0.213 bits per heavy atom. The Balaban J connectivity index is 1.06. The molecule has 0 aliphatic carbocycles. The van der Waals surface area contributed by atoms with Gasteiger partial charge >= 0.3 is 0 Å². The molecule has 0 aromatic heterocycles. The molecule has 0 aliphatic rings. The van der Waals surface area contributed by atoms with Crippen LogP contribution in [-0.2, 0) is 0 Å². The van der Waals surface area contributed by atoms with Gasteiger partial charge in [-0.05, 0) is 125 Å². The van der Waals surface area contributed by atoms with Gasteiger partial charge in [-0.25, -0.2) is 0 Å². The number of nitrogens with zero attached hydrogens (tertiary/aromatic N) is 1. The summed E-state index contributed by atoms with van der Waals surface area (Å²) in [7, 11) is 0. The average molecular weight is 776 g/mol. The minimum Gasteiger partial charge on any atom is -0.310 e. The molecule has 0 fully saturated rings. The molecule has 0 aliphatic heterocycles. The SMILES string of the molecule is c1ccc(-c2ccc(-c3cccc4ccccc34)cc2N(c2ccc(-c3cccc(-c4cccc5ccccc45)c3)cc2)c2ccc(-c3ccc4ccccc4c3)cc2)cc1. The Labute approximate surface area is 357 Å². The zero-order chi connectivity index (χ0) is 40.5. The number of benzene rings is 11. The van der Waals surface area contributed by atoms with Crippen molar-refractivity contribution in [2.45, 2.75) is 0 Å². The van der Waals surface area contributed by atoms with E-state index in [1.807, 2.05) is 0 Å². The van der Waals surface area contributed by atoms with Gasteiger partial charge in [-0.2, -0.15) is 0 Å². The van der Waals surface area contributed by atoms with Crippen LogP contribution in [0.3, 0.4) is 0 Å². The molecule has 0 bridgehead atoms. The summed E-state index contributed by atoms with van der Waals surface area (Å²) in [4.78, 5) is 2.43. The third-order valence-corrected chi connectivity index (χ3v) is 12.1. The molecule has 0 spiro atoms. The third kappa shape index (κ3) is 6.93. The molecule has 0 saturated heterocycles. The Morgan fingerprint density at radius 3 is 1.30 bits per heavy atom. The first-order valence-corrected chi connectivity index (χ1v) is 21.0. The number of fused-ring (bicyclic) bond motifs is 3. The molecule has 0 N–H and O–H groups in total. The van der Waals surface area contributed by atoms with Crippen molar-refractivity contribution < 1.29 is 0 Å². The summed E-state index contributed by atoms with van der Waals surface area (Å²) in [5, 5.41) is 7.47. The minimum atomic E-state index is 1.08. The first kappa shape index (κ1) is 36.1. The zero-order valence-corrected chi connectivity index (χ0v) is 33.6. The first-order valence-electron chi connectivity index (χ1n) is 21.0. The summed E-state index contributed by atoms with van der Waals surface area (Å²) in [6.07, 6.45) is 0. The molecule has 0 radical (unpaired) electrons. The Kier molecular flexibility index (Phi) is 9.26. The summed E-state index contributed by atoms with van der Waals surface area (Å²) in [5.41, 5.74) is 15.2. The van der Waals surface area contributed by atoms with E-state index in [0.29, 0.717) is 0 Å². The Hall–Kier alpha value is -8.00. The summed E-state index contributed by atoms with van der Waals surface area (Å²) < 4.78 is 0. The predicted molar refractivity (Wildman–Crippen MR) is 261 cm³/mol. The maximum absolute atomic E-state index is 2.43. The number of hydrogen-bond acceptors (Lipinski definition) is 1. The topological polar surface area (TPSA) is 3.24 Å². The Bertz CT molecular complexity index is 3330. The number of rotatable bonds is 8. The van der Waals surface area contributed by atoms with Crippen LogP contribution in [0.25, 0.3) is 88.0 Å². The smallest absolute Gasteiger partial charge is 0.0546 e. The van der Waals surface area contributed by atoms with Gasteiger partial charge in [-0.3, -0.25) is 0 Å². The summed E-state index contributed by atoms with van der Waals surface area (Å²) in [6.45, 7) is 0. The monoisotopic (exact) mass is 775 g/mol. The molecular formula is C60H41N. The summed E-state index contributed by atoms with van der Waals surface area (Å²) in [6, 6.07) is 90.6. The molecular weight excluding hydrogens is 735 g/mol. The van der Waals surface area contributed by atoms with E-state index in [-0.39, 0.29) is 0 Å². The molecule has 1 nitrogen and oxygen atoms in total. The van der Waals surface area contributed by atoms with Crippen molar-refractivity contribution in [3.63, 3.8) is 0 Å². The van der Waals surface area contributed by atoms with Gasteiger partial charge in [0.05, 0.1) is 5.69 Å². The molecule has 0 saturated carbocycles. The number of anilines is 3. The second-order valence-electron chi connectivity index (χ2n) is 15.7. The van der Waals surface area contributed by atoms with E-state index in [2.05, 4.69) is 254 Å². The quantitative estimate of drug-likeness (QED) is 0.149. The van der Waals surface area contributed by atoms with E-state index in [9.17, 15) is 0 Å². The fourth-order valence-corrected chi connectivity index (χ4v) is 8.97. The van der Waals surface area contributed by atoms with Crippen molar-refractivity contribution in [3.05, 3.63) is 249 Å². The van der Waals surface area contributed by atoms with Crippen LogP contribution in [0.1, 0.15) is 0 Å². The average Bonchev–Trinajstić information content (AvgIpc) is 3.34. The van der Waals surface area contributed by atoms with E-state index in [4.69, 9.17) is 0 Å². The highest BCUT2D eigenvalue weighted by molar-refractivity contribution is 6.00. The van der Waals surface area contributed by atoms with E-state index < -0.39 is 0 Å². The van der Waals surface area contributed by atoms with Crippen LogP contribution in [0.2, 0.25) is 0 Å². The zero-order valence-electron chi connectivity index (χ0n) is 33.6. The summed E-state index contributed by atoms with van der Waals surface area (Å²) in [5.74, 6) is 0. The summed E-state index contributed by atoms with van der Waals surface area (Å²) >= 11 is 0. The molecule has 61 heavy (non-hydrogen) atoms. The van der Waals surface area contributed by atoms with Crippen molar-refractivity contribution >= 4 is 49.4 Å². The molecule has 1 heteroatoms. The van der Waals surface area contributed by atoms with Crippen molar-refractivity contribution in [3.8, 4) is 55.6 Å². The van der Waals surface area contributed by atoms with Gasteiger partial charge in [0.15, 0.2) is 0 Å². The first-order chi connectivity index (χ1) is 30.2. The van der Waals surface area contributed by atoms with Crippen LogP contribution in [0.5, 0.6) is 0 Å². The minimum absolute atomic E-state index is 1.08. The molecule has 11 rings (SSSR count). The van der Waals surface area contributed by atoms with E-state index in [0.717, 1.165) is 22.6 Å². The lowest BCUT2D eigenvalue weighted by molar-refractivity contribution is 1.28. The molecule has 11 aromatic carbocycles. The molecule has 0 amide bonds. The second kappa shape index (κ2) is 15.6. The van der Waals surface area contributed by atoms with Gasteiger partial charge in [0, 0.05) is 16.9 Å². The number of hydrogen-bond donors (Lipinski definition) is 0. The van der Waals surface area contributed by atoms with Crippen molar-refractivity contribution in [1.29, 1.82) is 0 Å². The predicted octanol–water partition coefficient (Wildman–Crippen LogP) is 17.0. The van der Waals surface area contributed by atoms with Crippen LogP contribution < -0.4 is 4.90 Å². The van der Waals surface area contributed by atoms with Crippen molar-refractivity contribution in [1.82, 2.24) is 0 Å². The lowest BCUT2D eigenvalue weighted by atomic mass is 9.93.